The van der Waals surface area contributed by atoms with E-state index in [1.54, 1.807) is 0 Å². The van der Waals surface area contributed by atoms with Crippen LogP contribution >= 0.6 is 15.9 Å². The van der Waals surface area contributed by atoms with E-state index in [0.29, 0.717) is 5.92 Å². The molecule has 0 fully saturated rings. The molecule has 0 aliphatic heterocycles. The first-order chi connectivity index (χ1) is 7.85. The molecule has 0 aromatic carbocycles. The monoisotopic (exact) mass is 290 g/mol. The number of halogens is 1. The zero-order valence-electron chi connectivity index (χ0n) is 10.7. The molecule has 0 heterocycles. The Morgan fingerprint density at radius 3 is 2.06 bits per heavy atom. The maximum absolute atomic E-state index is 10.9. The van der Waals surface area contributed by atoms with Crippen molar-refractivity contribution in [2.75, 3.05) is 5.33 Å². The fraction of sp³-hybridized carbons (Fsp3) is 0.929. The minimum atomic E-state index is 0.324. The minimum Gasteiger partial charge on any atom is -0.303 e. The average molecular weight is 291 g/mol. The van der Waals surface area contributed by atoms with Crippen LogP contribution in [0.4, 0.5) is 0 Å². The minimum absolute atomic E-state index is 0.324. The lowest BCUT2D eigenvalue weighted by molar-refractivity contribution is -0.111. The van der Waals surface area contributed by atoms with Gasteiger partial charge >= 0.3 is 0 Å². The maximum Gasteiger partial charge on any atom is 0.123 e. The first kappa shape index (κ1) is 16.1. The topological polar surface area (TPSA) is 17.1 Å². The van der Waals surface area contributed by atoms with E-state index in [-0.39, 0.29) is 0 Å². The predicted molar refractivity (Wildman–Crippen MR) is 75.2 cm³/mol. The van der Waals surface area contributed by atoms with Crippen molar-refractivity contribution in [3.63, 3.8) is 0 Å². The van der Waals surface area contributed by atoms with Crippen molar-refractivity contribution >= 4 is 22.2 Å². The third-order valence-corrected chi connectivity index (χ3v) is 3.64. The predicted octanol–water partition coefficient (Wildman–Crippen LogP) is 5.12. The van der Waals surface area contributed by atoms with Crippen molar-refractivity contribution in [2.24, 2.45) is 5.92 Å². The maximum atomic E-state index is 10.9. The van der Waals surface area contributed by atoms with E-state index in [9.17, 15) is 4.79 Å². The summed E-state index contributed by atoms with van der Waals surface area (Å²) in [5.74, 6) is 0.324. The zero-order valence-corrected chi connectivity index (χ0v) is 12.3. The lowest BCUT2D eigenvalue weighted by Crippen LogP contribution is -2.02. The molecule has 2 heteroatoms. The molecule has 0 aromatic rings. The van der Waals surface area contributed by atoms with E-state index in [0.717, 1.165) is 18.2 Å². The van der Waals surface area contributed by atoms with Gasteiger partial charge in [0.25, 0.3) is 0 Å². The van der Waals surface area contributed by atoms with Crippen LogP contribution in [0.3, 0.4) is 0 Å². The number of alkyl halides is 1. The molecule has 0 spiro atoms. The highest BCUT2D eigenvalue weighted by Gasteiger charge is 2.06. The van der Waals surface area contributed by atoms with Crippen LogP contribution in [-0.4, -0.2) is 11.6 Å². The molecule has 0 aliphatic rings. The highest BCUT2D eigenvalue weighted by molar-refractivity contribution is 9.09. The van der Waals surface area contributed by atoms with Gasteiger partial charge in [0.05, 0.1) is 0 Å². The van der Waals surface area contributed by atoms with Crippen molar-refractivity contribution in [2.45, 2.75) is 71.1 Å². The van der Waals surface area contributed by atoms with Gasteiger partial charge in [-0.3, -0.25) is 0 Å². The van der Waals surface area contributed by atoms with E-state index in [1.165, 1.54) is 57.7 Å². The summed E-state index contributed by atoms with van der Waals surface area (Å²) in [7, 11) is 0. The van der Waals surface area contributed by atoms with Gasteiger partial charge in [-0.05, 0) is 19.3 Å². The lowest BCUT2D eigenvalue weighted by atomic mass is 9.96. The molecular weight excluding hydrogens is 264 g/mol. The van der Waals surface area contributed by atoms with Gasteiger partial charge in [0.15, 0.2) is 0 Å². The van der Waals surface area contributed by atoms with Crippen molar-refractivity contribution in [1.29, 1.82) is 0 Å². The van der Waals surface area contributed by atoms with Crippen molar-refractivity contribution in [3.05, 3.63) is 0 Å². The highest BCUT2D eigenvalue weighted by atomic mass is 79.9. The molecule has 0 radical (unpaired) electrons. The second kappa shape index (κ2) is 13.2. The molecule has 96 valence electrons. The summed E-state index contributed by atoms with van der Waals surface area (Å²) in [5.41, 5.74) is 0. The molecule has 0 bridgehead atoms. The van der Waals surface area contributed by atoms with Crippen LogP contribution < -0.4 is 0 Å². The number of hydrogen-bond donors (Lipinski definition) is 0. The second-order valence-electron chi connectivity index (χ2n) is 4.64. The molecule has 1 unspecified atom stereocenters. The van der Waals surface area contributed by atoms with Gasteiger partial charge in [0.2, 0.25) is 0 Å². The number of rotatable bonds is 12. The molecule has 0 saturated carbocycles. The summed E-state index contributed by atoms with van der Waals surface area (Å²) < 4.78 is 0. The molecular formula is C14H27BrO. The summed E-state index contributed by atoms with van der Waals surface area (Å²) in [6.45, 7) is 2.24. The molecule has 1 nitrogen and oxygen atoms in total. The van der Waals surface area contributed by atoms with Crippen LogP contribution in [0.5, 0.6) is 0 Å². The lowest BCUT2D eigenvalue weighted by Gasteiger charge is -2.09. The van der Waals surface area contributed by atoms with Gasteiger partial charge in [0, 0.05) is 11.2 Å². The van der Waals surface area contributed by atoms with Gasteiger partial charge in [-0.15, -0.1) is 0 Å². The Kier molecular flexibility index (Phi) is 13.3. The fourth-order valence-corrected chi connectivity index (χ4v) is 2.36. The quantitative estimate of drug-likeness (QED) is 0.277. The second-order valence-corrected chi connectivity index (χ2v) is 5.43. The SMILES string of the molecule is CCCCCCCCC(C=O)CCCCBr. The molecule has 0 amide bonds. The Morgan fingerprint density at radius 2 is 1.50 bits per heavy atom. The smallest absolute Gasteiger partial charge is 0.123 e. The molecule has 0 aliphatic carbocycles. The number of hydrogen-bond acceptors (Lipinski definition) is 1. The first-order valence-electron chi connectivity index (χ1n) is 6.86. The van der Waals surface area contributed by atoms with Crippen LogP contribution in [0.1, 0.15) is 71.1 Å². The van der Waals surface area contributed by atoms with Gasteiger partial charge in [-0.25, -0.2) is 0 Å². The van der Waals surface area contributed by atoms with Crippen molar-refractivity contribution < 1.29 is 4.79 Å². The summed E-state index contributed by atoms with van der Waals surface area (Å²) in [4.78, 5) is 10.9. The summed E-state index contributed by atoms with van der Waals surface area (Å²) in [6, 6.07) is 0. The standard InChI is InChI=1S/C14H27BrO/c1-2-3-4-5-6-7-10-14(13-16)11-8-9-12-15/h13-14H,2-12H2,1H3. The van der Waals surface area contributed by atoms with Crippen LogP contribution in [0.15, 0.2) is 0 Å². The molecule has 0 rings (SSSR count). The molecule has 0 saturated heterocycles. The van der Waals surface area contributed by atoms with E-state index < -0.39 is 0 Å². The van der Waals surface area contributed by atoms with Gasteiger partial charge < -0.3 is 4.79 Å². The Labute approximate surface area is 110 Å². The molecule has 0 N–H and O–H groups in total. The molecule has 1 atom stereocenters. The fourth-order valence-electron chi connectivity index (χ4n) is 1.97. The Balaban J connectivity index is 3.30. The van der Waals surface area contributed by atoms with Crippen LogP contribution in [0.2, 0.25) is 0 Å². The Bertz CT molecular complexity index is 148. The summed E-state index contributed by atoms with van der Waals surface area (Å²) >= 11 is 3.42. The Morgan fingerprint density at radius 1 is 0.938 bits per heavy atom. The highest BCUT2D eigenvalue weighted by Crippen LogP contribution is 2.16. The molecule has 16 heavy (non-hydrogen) atoms. The van der Waals surface area contributed by atoms with Crippen LogP contribution in [0, 0.1) is 5.92 Å². The van der Waals surface area contributed by atoms with E-state index in [4.69, 9.17) is 0 Å². The number of carbonyl (C=O) groups excluding carboxylic acids is 1. The largest absolute Gasteiger partial charge is 0.303 e. The number of unbranched alkanes of at least 4 members (excludes halogenated alkanes) is 6. The third-order valence-electron chi connectivity index (χ3n) is 3.08. The summed E-state index contributed by atoms with van der Waals surface area (Å²) in [5, 5.41) is 1.07. The number of carbonyl (C=O) groups is 1. The van der Waals surface area contributed by atoms with Gasteiger partial charge in [-0.1, -0.05) is 67.8 Å². The number of aldehydes is 1. The van der Waals surface area contributed by atoms with E-state index >= 15 is 0 Å². The van der Waals surface area contributed by atoms with Crippen molar-refractivity contribution in [3.8, 4) is 0 Å². The molecule has 0 aromatic heterocycles. The first-order valence-corrected chi connectivity index (χ1v) is 7.98. The third kappa shape index (κ3) is 10.7. The van der Waals surface area contributed by atoms with Gasteiger partial charge in [-0.2, -0.15) is 0 Å². The normalized spacial score (nSPS) is 12.6. The van der Waals surface area contributed by atoms with Crippen LogP contribution in [-0.2, 0) is 4.79 Å². The Hall–Kier alpha value is 0.150. The van der Waals surface area contributed by atoms with E-state index in [1.807, 2.05) is 0 Å². The van der Waals surface area contributed by atoms with Crippen LogP contribution in [0.25, 0.3) is 0 Å². The zero-order chi connectivity index (χ0) is 12.1. The average Bonchev–Trinajstić information content (AvgIpc) is 2.31. The van der Waals surface area contributed by atoms with E-state index in [2.05, 4.69) is 22.9 Å². The summed E-state index contributed by atoms with van der Waals surface area (Å²) in [6.07, 6.45) is 13.7. The van der Waals surface area contributed by atoms with Gasteiger partial charge in [0.1, 0.15) is 6.29 Å². The van der Waals surface area contributed by atoms with Crippen molar-refractivity contribution in [1.82, 2.24) is 0 Å².